The van der Waals surface area contributed by atoms with Crippen molar-refractivity contribution in [1.29, 1.82) is 0 Å². The van der Waals surface area contributed by atoms with Crippen molar-refractivity contribution in [1.82, 2.24) is 0 Å². The van der Waals surface area contributed by atoms with E-state index in [4.69, 9.17) is 0 Å². The van der Waals surface area contributed by atoms with E-state index in [1.807, 2.05) is 0 Å². The normalized spacial score (nSPS) is 34.2. The third-order valence-electron chi connectivity index (χ3n) is 7.96. The predicted octanol–water partition coefficient (Wildman–Crippen LogP) is 7.44. The first-order valence-electron chi connectivity index (χ1n) is 11.5. The molecule has 0 heterocycles. The highest BCUT2D eigenvalue weighted by molar-refractivity contribution is 5.38. The van der Waals surface area contributed by atoms with Gasteiger partial charge in [-0.2, -0.15) is 0 Å². The standard InChI is InChI=1S/C25H37F/c1-3-4-5-18-7-12-23-21(15-18)11-13-24(25(23)26)22-10-9-19-14-17(2)6-8-20(19)16-22/h11,13,17-20,22H,3-10,12,14-16H2,1-2H3. The molecule has 3 aliphatic carbocycles. The molecule has 0 nitrogen and oxygen atoms in total. The molecule has 5 atom stereocenters. The Morgan fingerprint density at radius 3 is 2.65 bits per heavy atom. The van der Waals surface area contributed by atoms with Crippen molar-refractivity contribution < 1.29 is 4.39 Å². The van der Waals surface area contributed by atoms with Gasteiger partial charge in [-0.05, 0) is 97.6 Å². The lowest BCUT2D eigenvalue weighted by Gasteiger charge is -2.42. The van der Waals surface area contributed by atoms with Crippen LogP contribution in [0.25, 0.3) is 0 Å². The van der Waals surface area contributed by atoms with Gasteiger partial charge in [0.15, 0.2) is 0 Å². The van der Waals surface area contributed by atoms with Gasteiger partial charge in [0.05, 0.1) is 0 Å². The van der Waals surface area contributed by atoms with Crippen molar-refractivity contribution >= 4 is 0 Å². The second kappa shape index (κ2) is 8.03. The highest BCUT2D eigenvalue weighted by atomic mass is 19.1. The monoisotopic (exact) mass is 356 g/mol. The van der Waals surface area contributed by atoms with Crippen molar-refractivity contribution in [2.45, 2.75) is 96.8 Å². The quantitative estimate of drug-likeness (QED) is 0.526. The van der Waals surface area contributed by atoms with E-state index in [0.717, 1.165) is 47.6 Å². The summed E-state index contributed by atoms with van der Waals surface area (Å²) in [5.74, 6) is 4.15. The lowest BCUT2D eigenvalue weighted by molar-refractivity contribution is 0.123. The van der Waals surface area contributed by atoms with Crippen molar-refractivity contribution in [3.63, 3.8) is 0 Å². The molecule has 0 radical (unpaired) electrons. The van der Waals surface area contributed by atoms with Gasteiger partial charge in [0.25, 0.3) is 0 Å². The van der Waals surface area contributed by atoms with Crippen molar-refractivity contribution in [2.75, 3.05) is 0 Å². The predicted molar refractivity (Wildman–Crippen MR) is 108 cm³/mol. The number of halogens is 1. The van der Waals surface area contributed by atoms with Gasteiger partial charge in [0.1, 0.15) is 5.82 Å². The summed E-state index contributed by atoms with van der Waals surface area (Å²) in [6, 6.07) is 4.47. The first-order chi connectivity index (χ1) is 12.7. The van der Waals surface area contributed by atoms with Crippen LogP contribution in [-0.2, 0) is 12.8 Å². The second-order valence-electron chi connectivity index (χ2n) is 9.81. The number of rotatable bonds is 4. The van der Waals surface area contributed by atoms with E-state index in [0.29, 0.717) is 5.92 Å². The summed E-state index contributed by atoms with van der Waals surface area (Å²) < 4.78 is 15.4. The summed E-state index contributed by atoms with van der Waals surface area (Å²) in [4.78, 5) is 0. The van der Waals surface area contributed by atoms with Crippen LogP contribution in [0.15, 0.2) is 12.1 Å². The Bertz CT molecular complexity index is 619. The minimum atomic E-state index is 0.184. The summed E-state index contributed by atoms with van der Waals surface area (Å²) in [5, 5.41) is 0. The number of hydrogen-bond donors (Lipinski definition) is 0. The van der Waals surface area contributed by atoms with Gasteiger partial charge in [-0.25, -0.2) is 4.39 Å². The van der Waals surface area contributed by atoms with E-state index in [1.165, 1.54) is 69.8 Å². The molecule has 0 aromatic heterocycles. The number of benzene rings is 1. The molecule has 2 saturated carbocycles. The van der Waals surface area contributed by atoms with E-state index in [1.54, 1.807) is 0 Å². The van der Waals surface area contributed by atoms with Crippen LogP contribution in [0.2, 0.25) is 0 Å². The van der Waals surface area contributed by atoms with E-state index in [9.17, 15) is 0 Å². The maximum Gasteiger partial charge on any atom is 0.130 e. The van der Waals surface area contributed by atoms with Crippen molar-refractivity contribution in [3.05, 3.63) is 34.6 Å². The lowest BCUT2D eigenvalue weighted by atomic mass is 9.64. The van der Waals surface area contributed by atoms with Gasteiger partial charge in [-0.3, -0.25) is 0 Å². The van der Waals surface area contributed by atoms with Crippen LogP contribution in [-0.4, -0.2) is 0 Å². The molecule has 2 fully saturated rings. The Balaban J connectivity index is 1.47. The summed E-state index contributed by atoms with van der Waals surface area (Å²) in [6.45, 7) is 4.68. The van der Waals surface area contributed by atoms with Crippen LogP contribution in [0.4, 0.5) is 4.39 Å². The largest absolute Gasteiger partial charge is 0.206 e. The third kappa shape index (κ3) is 3.73. The fourth-order valence-corrected chi connectivity index (χ4v) is 6.36. The molecular formula is C25H37F. The van der Waals surface area contributed by atoms with E-state index in [2.05, 4.69) is 26.0 Å². The Morgan fingerprint density at radius 1 is 1.00 bits per heavy atom. The van der Waals surface area contributed by atoms with Crippen LogP contribution >= 0.6 is 0 Å². The van der Waals surface area contributed by atoms with Crippen LogP contribution in [0.1, 0.15) is 101 Å². The lowest BCUT2D eigenvalue weighted by Crippen LogP contribution is -2.30. The van der Waals surface area contributed by atoms with Crippen LogP contribution < -0.4 is 0 Å². The van der Waals surface area contributed by atoms with Gasteiger partial charge in [0.2, 0.25) is 0 Å². The first kappa shape index (κ1) is 18.5. The van der Waals surface area contributed by atoms with Crippen LogP contribution in [0.3, 0.4) is 0 Å². The Labute approximate surface area is 160 Å². The smallest absolute Gasteiger partial charge is 0.130 e. The average molecular weight is 357 g/mol. The van der Waals surface area contributed by atoms with E-state index >= 15 is 4.39 Å². The SMILES string of the molecule is CCCCC1CCc2c(ccc(C3CCC4CC(C)CCC4C3)c2F)C1. The van der Waals surface area contributed by atoms with Crippen LogP contribution in [0.5, 0.6) is 0 Å². The number of fused-ring (bicyclic) bond motifs is 2. The van der Waals surface area contributed by atoms with E-state index in [-0.39, 0.29) is 5.82 Å². The number of hydrogen-bond acceptors (Lipinski definition) is 0. The minimum Gasteiger partial charge on any atom is -0.206 e. The molecule has 0 aliphatic heterocycles. The Morgan fingerprint density at radius 2 is 1.81 bits per heavy atom. The average Bonchev–Trinajstić information content (AvgIpc) is 2.66. The van der Waals surface area contributed by atoms with Crippen LogP contribution in [0, 0.1) is 29.5 Å². The second-order valence-corrected chi connectivity index (χ2v) is 9.81. The molecule has 0 bridgehead atoms. The fraction of sp³-hybridized carbons (Fsp3) is 0.760. The molecule has 1 aromatic rings. The fourth-order valence-electron chi connectivity index (χ4n) is 6.36. The summed E-state index contributed by atoms with van der Waals surface area (Å²) >= 11 is 0. The zero-order chi connectivity index (χ0) is 18.1. The molecule has 3 aliphatic rings. The molecule has 0 N–H and O–H groups in total. The minimum absolute atomic E-state index is 0.184. The third-order valence-corrected chi connectivity index (χ3v) is 7.96. The number of unbranched alkanes of at least 4 members (excludes halogenated alkanes) is 1. The van der Waals surface area contributed by atoms with Gasteiger partial charge in [-0.1, -0.05) is 51.7 Å². The molecule has 1 heteroatoms. The molecule has 144 valence electrons. The highest BCUT2D eigenvalue weighted by Gasteiger charge is 2.36. The Kier molecular flexibility index (Phi) is 5.72. The molecule has 1 aromatic carbocycles. The zero-order valence-electron chi connectivity index (χ0n) is 16.9. The van der Waals surface area contributed by atoms with Crippen molar-refractivity contribution in [2.24, 2.45) is 23.7 Å². The summed E-state index contributed by atoms with van der Waals surface area (Å²) in [6.07, 6.45) is 15.2. The first-order valence-corrected chi connectivity index (χ1v) is 11.5. The Hall–Kier alpha value is -0.850. The molecule has 4 rings (SSSR count). The zero-order valence-corrected chi connectivity index (χ0v) is 16.9. The molecular weight excluding hydrogens is 319 g/mol. The van der Waals surface area contributed by atoms with Gasteiger partial charge in [-0.15, -0.1) is 0 Å². The maximum atomic E-state index is 15.4. The summed E-state index contributed by atoms with van der Waals surface area (Å²) in [5.41, 5.74) is 3.46. The molecule has 5 unspecified atom stereocenters. The molecule has 26 heavy (non-hydrogen) atoms. The highest BCUT2D eigenvalue weighted by Crippen LogP contribution is 2.48. The van der Waals surface area contributed by atoms with Gasteiger partial charge >= 0.3 is 0 Å². The van der Waals surface area contributed by atoms with Gasteiger partial charge < -0.3 is 0 Å². The molecule has 0 saturated heterocycles. The molecule has 0 amide bonds. The topological polar surface area (TPSA) is 0 Å². The molecule has 0 spiro atoms. The summed E-state index contributed by atoms with van der Waals surface area (Å²) in [7, 11) is 0. The van der Waals surface area contributed by atoms with Crippen molar-refractivity contribution in [3.8, 4) is 0 Å². The van der Waals surface area contributed by atoms with Gasteiger partial charge in [0, 0.05) is 0 Å². The maximum absolute atomic E-state index is 15.4. The van der Waals surface area contributed by atoms with E-state index < -0.39 is 0 Å².